The van der Waals surface area contributed by atoms with E-state index in [9.17, 15) is 4.79 Å². The SMILES string of the molecule is Cc1ccc(NC(=O)NC(C)CCc2ccccc2)cc1. The molecular formula is C18H22N2O. The van der Waals surface area contributed by atoms with Crippen LogP contribution in [-0.2, 0) is 6.42 Å². The molecule has 0 radical (unpaired) electrons. The number of carbonyl (C=O) groups is 1. The fourth-order valence-corrected chi connectivity index (χ4v) is 2.13. The molecule has 0 saturated carbocycles. The van der Waals surface area contributed by atoms with Gasteiger partial charge in [-0.2, -0.15) is 0 Å². The van der Waals surface area contributed by atoms with Gasteiger partial charge >= 0.3 is 6.03 Å². The molecule has 110 valence electrons. The molecule has 21 heavy (non-hydrogen) atoms. The van der Waals surface area contributed by atoms with E-state index in [4.69, 9.17) is 0 Å². The lowest BCUT2D eigenvalue weighted by Crippen LogP contribution is -2.36. The van der Waals surface area contributed by atoms with Gasteiger partial charge in [0.25, 0.3) is 0 Å². The zero-order valence-electron chi connectivity index (χ0n) is 12.6. The minimum absolute atomic E-state index is 0.135. The van der Waals surface area contributed by atoms with Crippen LogP contribution in [0.15, 0.2) is 54.6 Å². The number of anilines is 1. The van der Waals surface area contributed by atoms with Gasteiger partial charge in [0.1, 0.15) is 0 Å². The van der Waals surface area contributed by atoms with Crippen LogP contribution in [-0.4, -0.2) is 12.1 Å². The van der Waals surface area contributed by atoms with Crippen LogP contribution in [0.5, 0.6) is 0 Å². The quantitative estimate of drug-likeness (QED) is 0.850. The Balaban J connectivity index is 1.75. The van der Waals surface area contributed by atoms with Gasteiger partial charge in [-0.3, -0.25) is 0 Å². The van der Waals surface area contributed by atoms with Crippen LogP contribution in [0, 0.1) is 6.92 Å². The smallest absolute Gasteiger partial charge is 0.319 e. The van der Waals surface area contributed by atoms with Crippen molar-refractivity contribution in [3.8, 4) is 0 Å². The maximum Gasteiger partial charge on any atom is 0.319 e. The Bertz CT molecular complexity index is 564. The van der Waals surface area contributed by atoms with Crippen LogP contribution in [0.25, 0.3) is 0 Å². The minimum atomic E-state index is -0.153. The Morgan fingerprint density at radius 3 is 2.38 bits per heavy atom. The van der Waals surface area contributed by atoms with Crippen molar-refractivity contribution in [2.24, 2.45) is 0 Å². The molecular weight excluding hydrogens is 260 g/mol. The van der Waals surface area contributed by atoms with Crippen molar-refractivity contribution >= 4 is 11.7 Å². The number of nitrogens with one attached hydrogen (secondary N) is 2. The Kier molecular flexibility index (Phi) is 5.38. The Morgan fingerprint density at radius 1 is 1.05 bits per heavy atom. The average molecular weight is 282 g/mol. The highest BCUT2D eigenvalue weighted by molar-refractivity contribution is 5.89. The molecule has 2 aromatic carbocycles. The second kappa shape index (κ2) is 7.48. The van der Waals surface area contributed by atoms with Crippen LogP contribution in [0.2, 0.25) is 0 Å². The van der Waals surface area contributed by atoms with Gasteiger partial charge in [0.2, 0.25) is 0 Å². The number of hydrogen-bond donors (Lipinski definition) is 2. The third kappa shape index (κ3) is 5.30. The molecule has 2 N–H and O–H groups in total. The second-order valence-electron chi connectivity index (χ2n) is 5.39. The molecule has 3 heteroatoms. The highest BCUT2D eigenvalue weighted by Crippen LogP contribution is 2.09. The predicted octanol–water partition coefficient (Wildman–Crippen LogP) is 4.14. The lowest BCUT2D eigenvalue weighted by Gasteiger charge is -2.14. The first-order valence-electron chi connectivity index (χ1n) is 7.31. The summed E-state index contributed by atoms with van der Waals surface area (Å²) in [5.74, 6) is 0. The van der Waals surface area contributed by atoms with Crippen LogP contribution in [0.3, 0.4) is 0 Å². The molecule has 2 rings (SSSR count). The molecule has 0 fully saturated rings. The number of hydrogen-bond acceptors (Lipinski definition) is 1. The summed E-state index contributed by atoms with van der Waals surface area (Å²) in [7, 11) is 0. The fourth-order valence-electron chi connectivity index (χ4n) is 2.13. The van der Waals surface area contributed by atoms with Gasteiger partial charge in [0.05, 0.1) is 0 Å². The monoisotopic (exact) mass is 282 g/mol. The highest BCUT2D eigenvalue weighted by Gasteiger charge is 2.07. The van der Waals surface area contributed by atoms with Gasteiger partial charge in [0, 0.05) is 11.7 Å². The van der Waals surface area contributed by atoms with Crippen molar-refractivity contribution in [3.05, 3.63) is 65.7 Å². The van der Waals surface area contributed by atoms with Crippen LogP contribution >= 0.6 is 0 Å². The fraction of sp³-hybridized carbons (Fsp3) is 0.278. The van der Waals surface area contributed by atoms with E-state index in [0.717, 1.165) is 18.5 Å². The molecule has 0 bridgehead atoms. The Labute approximate surface area is 126 Å². The number of aryl methyl sites for hydroxylation is 2. The number of benzene rings is 2. The van der Waals surface area contributed by atoms with E-state index in [1.54, 1.807) is 0 Å². The van der Waals surface area contributed by atoms with Crippen molar-refractivity contribution in [2.45, 2.75) is 32.7 Å². The van der Waals surface area contributed by atoms with Gasteiger partial charge < -0.3 is 10.6 Å². The summed E-state index contributed by atoms with van der Waals surface area (Å²) in [4.78, 5) is 11.9. The van der Waals surface area contributed by atoms with E-state index in [1.807, 2.05) is 56.3 Å². The molecule has 0 heterocycles. The topological polar surface area (TPSA) is 41.1 Å². The lowest BCUT2D eigenvalue weighted by molar-refractivity contribution is 0.248. The van der Waals surface area contributed by atoms with Crippen LogP contribution < -0.4 is 10.6 Å². The van der Waals surface area contributed by atoms with Crippen molar-refractivity contribution in [3.63, 3.8) is 0 Å². The summed E-state index contributed by atoms with van der Waals surface area (Å²) in [5, 5.41) is 5.81. The van der Waals surface area contributed by atoms with E-state index in [-0.39, 0.29) is 12.1 Å². The summed E-state index contributed by atoms with van der Waals surface area (Å²) in [6.45, 7) is 4.05. The summed E-state index contributed by atoms with van der Waals surface area (Å²) >= 11 is 0. The number of urea groups is 1. The van der Waals surface area contributed by atoms with Crippen molar-refractivity contribution in [1.82, 2.24) is 5.32 Å². The third-order valence-corrected chi connectivity index (χ3v) is 3.40. The van der Waals surface area contributed by atoms with Gasteiger partial charge in [0.15, 0.2) is 0 Å². The summed E-state index contributed by atoms with van der Waals surface area (Å²) < 4.78 is 0. The van der Waals surface area contributed by atoms with Crippen LogP contribution in [0.4, 0.5) is 10.5 Å². The summed E-state index contributed by atoms with van der Waals surface area (Å²) in [5.41, 5.74) is 3.29. The zero-order valence-corrected chi connectivity index (χ0v) is 12.6. The molecule has 2 aromatic rings. The third-order valence-electron chi connectivity index (χ3n) is 3.40. The molecule has 0 aliphatic rings. The molecule has 0 aromatic heterocycles. The molecule has 0 spiro atoms. The molecule has 2 amide bonds. The van der Waals surface area contributed by atoms with E-state index in [1.165, 1.54) is 11.1 Å². The zero-order chi connectivity index (χ0) is 15.1. The predicted molar refractivity (Wildman–Crippen MR) is 87.6 cm³/mol. The van der Waals surface area contributed by atoms with E-state index in [0.29, 0.717) is 0 Å². The van der Waals surface area contributed by atoms with Gasteiger partial charge in [-0.15, -0.1) is 0 Å². The van der Waals surface area contributed by atoms with E-state index in [2.05, 4.69) is 22.8 Å². The molecule has 1 atom stereocenters. The maximum atomic E-state index is 11.9. The first-order valence-corrected chi connectivity index (χ1v) is 7.31. The summed E-state index contributed by atoms with van der Waals surface area (Å²) in [6.07, 6.45) is 1.89. The standard InChI is InChI=1S/C18H22N2O/c1-14-8-12-17(13-9-14)20-18(21)19-15(2)10-11-16-6-4-3-5-7-16/h3-9,12-13,15H,10-11H2,1-2H3,(H2,19,20,21). The largest absolute Gasteiger partial charge is 0.335 e. The van der Waals surface area contributed by atoms with Crippen LogP contribution in [0.1, 0.15) is 24.5 Å². The normalized spacial score (nSPS) is 11.7. The molecule has 3 nitrogen and oxygen atoms in total. The molecule has 0 saturated heterocycles. The number of amides is 2. The minimum Gasteiger partial charge on any atom is -0.335 e. The van der Waals surface area contributed by atoms with Gasteiger partial charge in [-0.25, -0.2) is 4.79 Å². The first-order chi connectivity index (χ1) is 10.1. The summed E-state index contributed by atoms with van der Waals surface area (Å²) in [6, 6.07) is 18.1. The van der Waals surface area contributed by atoms with E-state index >= 15 is 0 Å². The molecule has 0 aliphatic carbocycles. The van der Waals surface area contributed by atoms with Gasteiger partial charge in [-0.1, -0.05) is 48.0 Å². The second-order valence-corrected chi connectivity index (χ2v) is 5.39. The van der Waals surface area contributed by atoms with Crippen molar-refractivity contribution in [1.29, 1.82) is 0 Å². The van der Waals surface area contributed by atoms with Gasteiger partial charge in [-0.05, 0) is 44.4 Å². The maximum absolute atomic E-state index is 11.9. The molecule has 0 aliphatic heterocycles. The number of carbonyl (C=O) groups excluding carboxylic acids is 1. The molecule has 1 unspecified atom stereocenters. The van der Waals surface area contributed by atoms with Crippen molar-refractivity contribution in [2.75, 3.05) is 5.32 Å². The average Bonchev–Trinajstić information content (AvgIpc) is 2.48. The van der Waals surface area contributed by atoms with E-state index < -0.39 is 0 Å². The lowest BCUT2D eigenvalue weighted by atomic mass is 10.1. The number of rotatable bonds is 5. The highest BCUT2D eigenvalue weighted by atomic mass is 16.2. The Hall–Kier alpha value is -2.29. The first kappa shape index (κ1) is 15.1. The Morgan fingerprint density at radius 2 is 1.71 bits per heavy atom. The van der Waals surface area contributed by atoms with Crippen molar-refractivity contribution < 1.29 is 4.79 Å².